The highest BCUT2D eigenvalue weighted by molar-refractivity contribution is 7.73. The number of aliphatic hydroxyl groups excluding tert-OH is 1. The van der Waals surface area contributed by atoms with E-state index in [-0.39, 0.29) is 5.85 Å². The minimum absolute atomic E-state index is 0.269. The summed E-state index contributed by atoms with van der Waals surface area (Å²) in [5.74, 6) is -0.269. The second kappa shape index (κ2) is 5.95. The molecule has 2 rings (SSSR count). The largest absolute Gasteiger partial charge is 0.388 e. The fourth-order valence-corrected chi connectivity index (χ4v) is 4.19. The van der Waals surface area contributed by atoms with Crippen LogP contribution in [0, 0.1) is 0 Å². The van der Waals surface area contributed by atoms with Crippen molar-refractivity contribution in [3.05, 3.63) is 60.7 Å². The van der Waals surface area contributed by atoms with Gasteiger partial charge in [-0.25, -0.2) is 0 Å². The van der Waals surface area contributed by atoms with Crippen LogP contribution in [0.3, 0.4) is 0 Å². The van der Waals surface area contributed by atoms with E-state index in [1.165, 1.54) is 10.6 Å². The minimum Gasteiger partial charge on any atom is -0.388 e. The molecule has 1 atom stereocenters. The first-order valence-electron chi connectivity index (χ1n) is 5.90. The lowest BCUT2D eigenvalue weighted by Crippen LogP contribution is -2.20. The van der Waals surface area contributed by atoms with E-state index in [1.807, 2.05) is 43.3 Å². The molecule has 1 nitrogen and oxygen atoms in total. The zero-order valence-corrected chi connectivity index (χ0v) is 10.8. The van der Waals surface area contributed by atoms with Crippen molar-refractivity contribution in [1.29, 1.82) is 0 Å². The van der Waals surface area contributed by atoms with Crippen molar-refractivity contribution in [2.24, 2.45) is 0 Å². The Bertz CT molecular complexity index is 401. The minimum atomic E-state index is -0.657. The first kappa shape index (κ1) is 12.3. The molecule has 0 heterocycles. The van der Waals surface area contributed by atoms with E-state index >= 15 is 0 Å². The standard InChI is InChI=1S/C15H17OP/c1-2-15(16)17(13-9-5-3-6-10-13)14-11-7-4-8-12-14/h3-12,15-16H,2H2,1H3. The van der Waals surface area contributed by atoms with Gasteiger partial charge in [-0.2, -0.15) is 0 Å². The van der Waals surface area contributed by atoms with Crippen LogP contribution < -0.4 is 10.6 Å². The molecule has 0 aliphatic rings. The van der Waals surface area contributed by atoms with Gasteiger partial charge in [0, 0.05) is 0 Å². The second-order valence-corrected chi connectivity index (χ2v) is 6.30. The Morgan fingerprint density at radius 3 is 1.65 bits per heavy atom. The number of benzene rings is 2. The van der Waals surface area contributed by atoms with Gasteiger partial charge in [0.25, 0.3) is 0 Å². The molecule has 88 valence electrons. The van der Waals surface area contributed by atoms with Crippen LogP contribution in [0.4, 0.5) is 0 Å². The molecule has 0 bridgehead atoms. The summed E-state index contributed by atoms with van der Waals surface area (Å²) in [6, 6.07) is 20.6. The summed E-state index contributed by atoms with van der Waals surface area (Å²) in [5, 5.41) is 12.7. The van der Waals surface area contributed by atoms with Gasteiger partial charge in [-0.15, -0.1) is 0 Å². The van der Waals surface area contributed by atoms with Gasteiger partial charge < -0.3 is 5.11 Å². The molecule has 1 N–H and O–H groups in total. The number of hydrogen-bond acceptors (Lipinski definition) is 1. The van der Waals surface area contributed by atoms with Crippen LogP contribution in [0.1, 0.15) is 13.3 Å². The van der Waals surface area contributed by atoms with E-state index in [4.69, 9.17) is 0 Å². The van der Waals surface area contributed by atoms with Gasteiger partial charge in [-0.3, -0.25) is 0 Å². The first-order valence-corrected chi connectivity index (χ1v) is 7.31. The topological polar surface area (TPSA) is 20.2 Å². The fraction of sp³-hybridized carbons (Fsp3) is 0.200. The van der Waals surface area contributed by atoms with Gasteiger partial charge in [0.1, 0.15) is 0 Å². The molecule has 0 aromatic heterocycles. The molecule has 1 unspecified atom stereocenters. The van der Waals surface area contributed by atoms with E-state index in [2.05, 4.69) is 24.3 Å². The summed E-state index contributed by atoms with van der Waals surface area (Å²) < 4.78 is 0. The quantitative estimate of drug-likeness (QED) is 0.820. The molecule has 0 aliphatic heterocycles. The number of rotatable bonds is 4. The molecule has 2 heteroatoms. The van der Waals surface area contributed by atoms with Gasteiger partial charge in [-0.05, 0) is 25.0 Å². The van der Waals surface area contributed by atoms with Crippen molar-refractivity contribution in [3.8, 4) is 0 Å². The van der Waals surface area contributed by atoms with Crippen molar-refractivity contribution < 1.29 is 5.11 Å². The molecule has 0 saturated carbocycles. The molecule has 2 aromatic rings. The predicted molar refractivity (Wildman–Crippen MR) is 75.4 cm³/mol. The smallest absolute Gasteiger partial charge is 0.0811 e. The Labute approximate surface area is 104 Å². The van der Waals surface area contributed by atoms with E-state index in [9.17, 15) is 5.11 Å². The zero-order chi connectivity index (χ0) is 12.1. The molecular formula is C15H17OP. The maximum atomic E-state index is 10.3. The highest BCUT2D eigenvalue weighted by Gasteiger charge is 2.20. The van der Waals surface area contributed by atoms with E-state index in [0.29, 0.717) is 0 Å². The zero-order valence-electron chi connectivity index (χ0n) is 9.95. The van der Waals surface area contributed by atoms with Gasteiger partial charge in [0.05, 0.1) is 5.85 Å². The summed E-state index contributed by atoms with van der Waals surface area (Å²) in [6.07, 6.45) is 0.787. The highest BCUT2D eigenvalue weighted by Crippen LogP contribution is 2.39. The van der Waals surface area contributed by atoms with Crippen LogP contribution in [-0.2, 0) is 0 Å². The summed E-state index contributed by atoms with van der Waals surface area (Å²) >= 11 is 0. The van der Waals surface area contributed by atoms with Crippen molar-refractivity contribution in [2.75, 3.05) is 0 Å². The number of hydrogen-bond donors (Lipinski definition) is 1. The summed E-state index contributed by atoms with van der Waals surface area (Å²) in [4.78, 5) is 0. The number of aliphatic hydroxyl groups is 1. The average Bonchev–Trinajstić information content (AvgIpc) is 2.41. The van der Waals surface area contributed by atoms with Crippen LogP contribution >= 0.6 is 7.92 Å². The first-order chi connectivity index (χ1) is 8.33. The lowest BCUT2D eigenvalue weighted by molar-refractivity contribution is 0.255. The molecule has 2 aromatic carbocycles. The normalized spacial score (nSPS) is 12.6. The van der Waals surface area contributed by atoms with Crippen molar-refractivity contribution in [2.45, 2.75) is 19.2 Å². The van der Waals surface area contributed by atoms with Gasteiger partial charge in [-0.1, -0.05) is 67.6 Å². The Morgan fingerprint density at radius 2 is 1.29 bits per heavy atom. The molecule has 0 radical (unpaired) electrons. The molecule has 0 amide bonds. The predicted octanol–water partition coefficient (Wildman–Crippen LogP) is 2.85. The third-order valence-electron chi connectivity index (χ3n) is 2.73. The van der Waals surface area contributed by atoms with Crippen molar-refractivity contribution >= 4 is 18.5 Å². The van der Waals surface area contributed by atoms with E-state index in [1.54, 1.807) is 0 Å². The third-order valence-corrected chi connectivity index (χ3v) is 5.40. The summed E-state index contributed by atoms with van der Waals surface area (Å²) in [6.45, 7) is 2.03. The molecule has 0 fully saturated rings. The third kappa shape index (κ3) is 2.94. The monoisotopic (exact) mass is 244 g/mol. The SMILES string of the molecule is CCC(O)P(c1ccccc1)c1ccccc1. The fourth-order valence-electron chi connectivity index (χ4n) is 1.85. The van der Waals surface area contributed by atoms with Crippen LogP contribution in [0.15, 0.2) is 60.7 Å². The molecule has 0 aliphatic carbocycles. The van der Waals surface area contributed by atoms with Crippen molar-refractivity contribution in [3.63, 3.8) is 0 Å². The van der Waals surface area contributed by atoms with Gasteiger partial charge in [0.2, 0.25) is 0 Å². The Balaban J connectivity index is 2.39. The maximum absolute atomic E-state index is 10.3. The average molecular weight is 244 g/mol. The molecular weight excluding hydrogens is 227 g/mol. The summed E-state index contributed by atoms with van der Waals surface area (Å²) in [5.41, 5.74) is 0. The van der Waals surface area contributed by atoms with Gasteiger partial charge >= 0.3 is 0 Å². The van der Waals surface area contributed by atoms with Crippen molar-refractivity contribution in [1.82, 2.24) is 0 Å². The highest BCUT2D eigenvalue weighted by atomic mass is 31.1. The second-order valence-electron chi connectivity index (χ2n) is 3.93. The Kier molecular flexibility index (Phi) is 4.30. The molecule has 0 spiro atoms. The molecule has 0 saturated heterocycles. The van der Waals surface area contributed by atoms with Crippen LogP contribution in [0.2, 0.25) is 0 Å². The lowest BCUT2D eigenvalue weighted by Gasteiger charge is -2.23. The van der Waals surface area contributed by atoms with Crippen LogP contribution in [0.5, 0.6) is 0 Å². The van der Waals surface area contributed by atoms with E-state index in [0.717, 1.165) is 6.42 Å². The van der Waals surface area contributed by atoms with E-state index < -0.39 is 7.92 Å². The summed E-state index contributed by atoms with van der Waals surface area (Å²) in [7, 11) is -0.657. The Morgan fingerprint density at radius 1 is 0.882 bits per heavy atom. The van der Waals surface area contributed by atoms with Crippen LogP contribution in [0.25, 0.3) is 0 Å². The lowest BCUT2D eigenvalue weighted by atomic mass is 10.4. The van der Waals surface area contributed by atoms with Crippen LogP contribution in [-0.4, -0.2) is 11.0 Å². The maximum Gasteiger partial charge on any atom is 0.0811 e. The Hall–Kier alpha value is -1.17. The van der Waals surface area contributed by atoms with Gasteiger partial charge in [0.15, 0.2) is 0 Å². The molecule has 17 heavy (non-hydrogen) atoms.